The summed E-state index contributed by atoms with van der Waals surface area (Å²) in [6.07, 6.45) is 5.33. The first kappa shape index (κ1) is 9.05. The highest BCUT2D eigenvalue weighted by atomic mass is 16.5. The molecule has 0 amide bonds. The summed E-state index contributed by atoms with van der Waals surface area (Å²) in [7, 11) is 0. The summed E-state index contributed by atoms with van der Waals surface area (Å²) in [4.78, 5) is 11.2. The van der Waals surface area contributed by atoms with Crippen LogP contribution >= 0.6 is 0 Å². The van der Waals surface area contributed by atoms with Crippen LogP contribution in [0.15, 0.2) is 0 Å². The van der Waals surface area contributed by atoms with E-state index in [2.05, 4.69) is 0 Å². The predicted octanol–water partition coefficient (Wildman–Crippen LogP) is 1.63. The molecule has 1 rings (SSSR count). The van der Waals surface area contributed by atoms with Gasteiger partial charge < -0.3 is 4.74 Å². The number of nitriles is 1. The second kappa shape index (κ2) is 4.76. The molecule has 1 aliphatic rings. The summed E-state index contributed by atoms with van der Waals surface area (Å²) in [6.45, 7) is -0.102. The van der Waals surface area contributed by atoms with E-state index in [9.17, 15) is 4.79 Å². The lowest BCUT2D eigenvalue weighted by molar-refractivity contribution is -0.148. The van der Waals surface area contributed by atoms with Gasteiger partial charge in [0.1, 0.15) is 6.07 Å². The Bertz CT molecular complexity index is 189. The first-order valence-electron chi connectivity index (χ1n) is 4.38. The molecule has 0 aromatic heterocycles. The van der Waals surface area contributed by atoms with E-state index in [4.69, 9.17) is 10.00 Å². The lowest BCUT2D eigenvalue weighted by Gasteiger charge is -2.18. The lowest BCUT2D eigenvalue weighted by Crippen LogP contribution is -2.20. The van der Waals surface area contributed by atoms with Gasteiger partial charge in [0, 0.05) is 0 Å². The van der Waals surface area contributed by atoms with Gasteiger partial charge >= 0.3 is 5.97 Å². The van der Waals surface area contributed by atoms with Crippen LogP contribution in [0.25, 0.3) is 0 Å². The summed E-state index contributed by atoms with van der Waals surface area (Å²) in [5.74, 6) is -0.122. The monoisotopic (exact) mass is 167 g/mol. The summed E-state index contributed by atoms with van der Waals surface area (Å²) < 4.78 is 4.73. The van der Waals surface area contributed by atoms with E-state index in [1.807, 2.05) is 0 Å². The standard InChI is InChI=1S/C9H13NO2/c10-6-7-12-9(11)8-4-2-1-3-5-8/h8H,1-5,7H2. The average molecular weight is 167 g/mol. The number of hydrogen-bond donors (Lipinski definition) is 0. The minimum Gasteiger partial charge on any atom is -0.450 e. The molecule has 1 fully saturated rings. The molecule has 0 aromatic carbocycles. The normalized spacial score (nSPS) is 18.2. The van der Waals surface area contributed by atoms with Crippen LogP contribution in [0, 0.1) is 17.2 Å². The fourth-order valence-corrected chi connectivity index (χ4v) is 1.56. The summed E-state index contributed by atoms with van der Waals surface area (Å²) >= 11 is 0. The molecule has 66 valence electrons. The largest absolute Gasteiger partial charge is 0.450 e. The van der Waals surface area contributed by atoms with Gasteiger partial charge in [-0.1, -0.05) is 19.3 Å². The minimum atomic E-state index is -0.184. The summed E-state index contributed by atoms with van der Waals surface area (Å²) in [5.41, 5.74) is 0. The predicted molar refractivity (Wildman–Crippen MR) is 43.1 cm³/mol. The van der Waals surface area contributed by atoms with Gasteiger partial charge in [-0.05, 0) is 12.8 Å². The van der Waals surface area contributed by atoms with E-state index in [0.717, 1.165) is 25.7 Å². The van der Waals surface area contributed by atoms with Gasteiger partial charge in [-0.3, -0.25) is 4.79 Å². The Hall–Kier alpha value is -1.04. The zero-order chi connectivity index (χ0) is 8.81. The smallest absolute Gasteiger partial charge is 0.309 e. The number of nitrogens with zero attached hydrogens (tertiary/aromatic N) is 1. The van der Waals surface area contributed by atoms with Crippen LogP contribution in [0.1, 0.15) is 32.1 Å². The van der Waals surface area contributed by atoms with E-state index >= 15 is 0 Å². The van der Waals surface area contributed by atoms with Gasteiger partial charge in [0.05, 0.1) is 5.92 Å². The number of rotatable bonds is 2. The number of carbonyl (C=O) groups excluding carboxylic acids is 1. The van der Waals surface area contributed by atoms with Crippen LogP contribution in [-0.4, -0.2) is 12.6 Å². The van der Waals surface area contributed by atoms with Gasteiger partial charge in [-0.25, -0.2) is 0 Å². The zero-order valence-corrected chi connectivity index (χ0v) is 7.08. The Kier molecular flexibility index (Phi) is 3.59. The molecule has 1 aliphatic carbocycles. The highest BCUT2D eigenvalue weighted by molar-refractivity contribution is 5.72. The average Bonchev–Trinajstić information content (AvgIpc) is 2.15. The number of carbonyl (C=O) groups is 1. The molecule has 1 saturated carbocycles. The molecule has 0 N–H and O–H groups in total. The molecule has 0 atom stereocenters. The van der Waals surface area contributed by atoms with Crippen molar-refractivity contribution in [1.82, 2.24) is 0 Å². The molecule has 0 saturated heterocycles. The Morgan fingerprint density at radius 2 is 2.08 bits per heavy atom. The van der Waals surface area contributed by atoms with Crippen LogP contribution in [0.5, 0.6) is 0 Å². The number of esters is 1. The second-order valence-electron chi connectivity index (χ2n) is 3.10. The quantitative estimate of drug-likeness (QED) is 0.587. The minimum absolute atomic E-state index is 0.0621. The second-order valence-corrected chi connectivity index (χ2v) is 3.10. The van der Waals surface area contributed by atoms with Gasteiger partial charge in [0.15, 0.2) is 6.61 Å². The Labute approximate surface area is 72.3 Å². The van der Waals surface area contributed by atoms with Crippen molar-refractivity contribution >= 4 is 5.97 Å². The van der Waals surface area contributed by atoms with Crippen molar-refractivity contribution in [3.63, 3.8) is 0 Å². The highest BCUT2D eigenvalue weighted by Crippen LogP contribution is 2.24. The molecule has 3 nitrogen and oxygen atoms in total. The van der Waals surface area contributed by atoms with Crippen LogP contribution < -0.4 is 0 Å². The molecule has 0 heterocycles. The maximum Gasteiger partial charge on any atom is 0.309 e. The van der Waals surface area contributed by atoms with Crippen molar-refractivity contribution in [2.24, 2.45) is 5.92 Å². The molecular weight excluding hydrogens is 154 g/mol. The Morgan fingerprint density at radius 1 is 1.42 bits per heavy atom. The molecule has 12 heavy (non-hydrogen) atoms. The Morgan fingerprint density at radius 3 is 2.67 bits per heavy atom. The fourth-order valence-electron chi connectivity index (χ4n) is 1.56. The van der Waals surface area contributed by atoms with Crippen LogP contribution in [-0.2, 0) is 9.53 Å². The van der Waals surface area contributed by atoms with E-state index < -0.39 is 0 Å². The molecule has 0 spiro atoms. The van der Waals surface area contributed by atoms with E-state index in [1.54, 1.807) is 6.07 Å². The van der Waals surface area contributed by atoms with Gasteiger partial charge in [0.2, 0.25) is 0 Å². The van der Waals surface area contributed by atoms with Crippen molar-refractivity contribution in [2.45, 2.75) is 32.1 Å². The molecular formula is C9H13NO2. The van der Waals surface area contributed by atoms with Crippen LogP contribution in [0.4, 0.5) is 0 Å². The van der Waals surface area contributed by atoms with E-state index in [1.165, 1.54) is 6.42 Å². The van der Waals surface area contributed by atoms with E-state index in [0.29, 0.717) is 0 Å². The summed E-state index contributed by atoms with van der Waals surface area (Å²) in [5, 5.41) is 8.19. The maximum absolute atomic E-state index is 11.2. The number of hydrogen-bond acceptors (Lipinski definition) is 3. The van der Waals surface area contributed by atoms with Crippen LogP contribution in [0.2, 0.25) is 0 Å². The van der Waals surface area contributed by atoms with Crippen LogP contribution in [0.3, 0.4) is 0 Å². The molecule has 0 aromatic rings. The zero-order valence-electron chi connectivity index (χ0n) is 7.08. The maximum atomic E-state index is 11.2. The molecule has 0 unspecified atom stereocenters. The third kappa shape index (κ3) is 2.54. The molecule has 0 bridgehead atoms. The third-order valence-corrected chi connectivity index (χ3v) is 2.22. The third-order valence-electron chi connectivity index (χ3n) is 2.22. The molecule has 0 aliphatic heterocycles. The topological polar surface area (TPSA) is 50.1 Å². The first-order chi connectivity index (χ1) is 5.84. The SMILES string of the molecule is N#CCOC(=O)C1CCCCC1. The van der Waals surface area contributed by atoms with Gasteiger partial charge in [0.25, 0.3) is 0 Å². The van der Waals surface area contributed by atoms with Crippen molar-refractivity contribution in [3.05, 3.63) is 0 Å². The van der Waals surface area contributed by atoms with Crippen molar-refractivity contribution in [3.8, 4) is 6.07 Å². The van der Waals surface area contributed by atoms with Crippen molar-refractivity contribution in [1.29, 1.82) is 5.26 Å². The van der Waals surface area contributed by atoms with E-state index in [-0.39, 0.29) is 18.5 Å². The summed E-state index contributed by atoms with van der Waals surface area (Å²) in [6, 6.07) is 1.79. The van der Waals surface area contributed by atoms with Gasteiger partial charge in [-0.15, -0.1) is 0 Å². The fraction of sp³-hybridized carbons (Fsp3) is 0.778. The highest BCUT2D eigenvalue weighted by Gasteiger charge is 2.21. The first-order valence-corrected chi connectivity index (χ1v) is 4.38. The molecule has 0 radical (unpaired) electrons. The van der Waals surface area contributed by atoms with Gasteiger partial charge in [-0.2, -0.15) is 5.26 Å². The molecule has 3 heteroatoms. The van der Waals surface area contributed by atoms with Crippen molar-refractivity contribution in [2.75, 3.05) is 6.61 Å². The van der Waals surface area contributed by atoms with Crippen molar-refractivity contribution < 1.29 is 9.53 Å². The number of ether oxygens (including phenoxy) is 1. The Balaban J connectivity index is 2.26. The lowest BCUT2D eigenvalue weighted by atomic mass is 9.89.